The van der Waals surface area contributed by atoms with Crippen molar-refractivity contribution in [3.8, 4) is 5.75 Å². The van der Waals surface area contributed by atoms with Crippen LogP contribution < -0.4 is 10.5 Å². The maximum absolute atomic E-state index is 11.5. The molecule has 4 heteroatoms. The number of hydrogen-bond donors (Lipinski definition) is 1. The summed E-state index contributed by atoms with van der Waals surface area (Å²) in [5, 5.41) is 0. The van der Waals surface area contributed by atoms with Crippen molar-refractivity contribution in [1.82, 2.24) is 0 Å². The molecule has 1 aliphatic rings. The molecule has 0 amide bonds. The van der Waals surface area contributed by atoms with Crippen LogP contribution in [0, 0.1) is 6.92 Å². The average molecular weight is 422 g/mol. The first-order valence-electron chi connectivity index (χ1n) is 11.5. The van der Waals surface area contributed by atoms with E-state index in [-0.39, 0.29) is 5.97 Å². The van der Waals surface area contributed by atoms with E-state index in [0.717, 1.165) is 31.4 Å². The highest BCUT2D eigenvalue weighted by atomic mass is 16.5. The predicted octanol–water partition coefficient (Wildman–Crippen LogP) is 5.62. The molecule has 2 N–H and O–H groups in total. The number of nitrogens with two attached hydrogens (primary N) is 1. The molecule has 166 valence electrons. The third kappa shape index (κ3) is 7.55. The maximum Gasteiger partial charge on any atom is 0.305 e. The van der Waals surface area contributed by atoms with Crippen LogP contribution in [0.3, 0.4) is 0 Å². The molecule has 31 heavy (non-hydrogen) atoms. The minimum atomic E-state index is -0.175. The molecule has 0 atom stereocenters. The second kappa shape index (κ2) is 12.3. The van der Waals surface area contributed by atoms with E-state index in [9.17, 15) is 4.79 Å². The summed E-state index contributed by atoms with van der Waals surface area (Å²) in [7, 11) is 0. The van der Waals surface area contributed by atoms with Crippen LogP contribution in [0.1, 0.15) is 61.6 Å². The molecule has 0 radical (unpaired) electrons. The standard InChI is InChI=1S/C27H35NO3/c1-21-10-14-23(15-11-21)26-8-4-2-3-7-24(26)20-31-25-16-12-22(13-17-25)6-5-9-27(29)30-19-18-28/h10-17H,2-9,18-20,28H2,1H3. The minimum Gasteiger partial charge on any atom is -0.489 e. The molecule has 1 aliphatic carbocycles. The number of aryl methyl sites for hydroxylation is 2. The predicted molar refractivity (Wildman–Crippen MR) is 126 cm³/mol. The number of rotatable bonds is 10. The number of hydrogen-bond acceptors (Lipinski definition) is 4. The fraction of sp³-hybridized carbons (Fsp3) is 0.444. The smallest absolute Gasteiger partial charge is 0.305 e. The third-order valence-corrected chi connectivity index (χ3v) is 5.80. The van der Waals surface area contributed by atoms with Gasteiger partial charge < -0.3 is 15.2 Å². The molecule has 0 heterocycles. The fourth-order valence-electron chi connectivity index (χ4n) is 4.01. The van der Waals surface area contributed by atoms with Crippen molar-refractivity contribution in [1.29, 1.82) is 0 Å². The van der Waals surface area contributed by atoms with Crippen LogP contribution >= 0.6 is 0 Å². The second-order valence-electron chi connectivity index (χ2n) is 8.30. The highest BCUT2D eigenvalue weighted by Gasteiger charge is 2.14. The van der Waals surface area contributed by atoms with E-state index in [1.54, 1.807) is 0 Å². The molecule has 0 spiro atoms. The Kier molecular flexibility index (Phi) is 9.16. The van der Waals surface area contributed by atoms with Crippen LogP contribution in [0.15, 0.2) is 54.1 Å². The first-order valence-corrected chi connectivity index (χ1v) is 11.5. The zero-order chi connectivity index (χ0) is 21.9. The van der Waals surface area contributed by atoms with Gasteiger partial charge in [0.25, 0.3) is 0 Å². The van der Waals surface area contributed by atoms with Gasteiger partial charge in [-0.15, -0.1) is 0 Å². The van der Waals surface area contributed by atoms with Crippen molar-refractivity contribution in [2.45, 2.75) is 58.3 Å². The van der Waals surface area contributed by atoms with E-state index < -0.39 is 0 Å². The number of ether oxygens (including phenoxy) is 2. The van der Waals surface area contributed by atoms with Gasteiger partial charge >= 0.3 is 5.97 Å². The highest BCUT2D eigenvalue weighted by molar-refractivity contribution is 5.70. The number of carbonyl (C=O) groups is 1. The zero-order valence-corrected chi connectivity index (χ0v) is 18.7. The van der Waals surface area contributed by atoms with Gasteiger partial charge in [-0.1, -0.05) is 48.4 Å². The molecule has 4 nitrogen and oxygen atoms in total. The van der Waals surface area contributed by atoms with Crippen LogP contribution in [0.5, 0.6) is 5.75 Å². The Morgan fingerprint density at radius 2 is 1.71 bits per heavy atom. The van der Waals surface area contributed by atoms with Gasteiger partial charge in [-0.05, 0) is 79.9 Å². The molecule has 0 aromatic heterocycles. The van der Waals surface area contributed by atoms with Crippen molar-refractivity contribution >= 4 is 11.5 Å². The lowest BCUT2D eigenvalue weighted by molar-refractivity contribution is -0.143. The monoisotopic (exact) mass is 421 g/mol. The van der Waals surface area contributed by atoms with E-state index in [1.165, 1.54) is 47.1 Å². The van der Waals surface area contributed by atoms with Crippen LogP contribution in [0.4, 0.5) is 0 Å². The van der Waals surface area contributed by atoms with Crippen molar-refractivity contribution in [2.24, 2.45) is 5.73 Å². The van der Waals surface area contributed by atoms with Crippen molar-refractivity contribution in [2.75, 3.05) is 19.8 Å². The Morgan fingerprint density at radius 3 is 2.45 bits per heavy atom. The van der Waals surface area contributed by atoms with Crippen LogP contribution in [0.25, 0.3) is 5.57 Å². The molecule has 0 fully saturated rings. The van der Waals surface area contributed by atoms with Gasteiger partial charge in [-0.2, -0.15) is 0 Å². The van der Waals surface area contributed by atoms with Crippen molar-refractivity contribution in [3.05, 3.63) is 70.8 Å². The zero-order valence-electron chi connectivity index (χ0n) is 18.7. The van der Waals surface area contributed by atoms with E-state index >= 15 is 0 Å². The third-order valence-electron chi connectivity index (χ3n) is 5.80. The molecule has 0 unspecified atom stereocenters. The number of allylic oxidation sites excluding steroid dienone is 1. The van der Waals surface area contributed by atoms with Gasteiger partial charge in [-0.25, -0.2) is 0 Å². The van der Waals surface area contributed by atoms with Crippen LogP contribution in [0.2, 0.25) is 0 Å². The second-order valence-corrected chi connectivity index (χ2v) is 8.30. The molecule has 0 saturated carbocycles. The van der Waals surface area contributed by atoms with E-state index in [0.29, 0.717) is 26.2 Å². The molecular formula is C27H35NO3. The summed E-state index contributed by atoms with van der Waals surface area (Å²) in [5.41, 5.74) is 12.1. The van der Waals surface area contributed by atoms with Gasteiger partial charge in [-0.3, -0.25) is 4.79 Å². The first-order chi connectivity index (χ1) is 15.2. The van der Waals surface area contributed by atoms with E-state index in [2.05, 4.69) is 43.3 Å². The summed E-state index contributed by atoms with van der Waals surface area (Å²) >= 11 is 0. The van der Waals surface area contributed by atoms with Gasteiger partial charge in [0.1, 0.15) is 19.0 Å². The Bertz CT molecular complexity index is 853. The summed E-state index contributed by atoms with van der Waals surface area (Å²) in [6, 6.07) is 17.1. The lowest BCUT2D eigenvalue weighted by Crippen LogP contribution is -2.13. The fourth-order valence-corrected chi connectivity index (χ4v) is 4.01. The quantitative estimate of drug-likeness (QED) is 0.506. The van der Waals surface area contributed by atoms with Gasteiger partial charge in [0.05, 0.1) is 0 Å². The molecule has 0 aliphatic heterocycles. The number of esters is 1. The molecular weight excluding hydrogens is 386 g/mol. The SMILES string of the molecule is Cc1ccc(C2=C(COc3ccc(CCCC(=O)OCCN)cc3)CCCCC2)cc1. The van der Waals surface area contributed by atoms with Gasteiger partial charge in [0.15, 0.2) is 0 Å². The lowest BCUT2D eigenvalue weighted by atomic mass is 9.95. The van der Waals surface area contributed by atoms with Crippen LogP contribution in [-0.4, -0.2) is 25.7 Å². The normalized spacial score (nSPS) is 14.3. The highest BCUT2D eigenvalue weighted by Crippen LogP contribution is 2.32. The Labute approximate surface area is 186 Å². The Balaban J connectivity index is 1.55. The minimum absolute atomic E-state index is 0.175. The van der Waals surface area contributed by atoms with Crippen molar-refractivity contribution < 1.29 is 14.3 Å². The summed E-state index contributed by atoms with van der Waals surface area (Å²) in [4.78, 5) is 11.5. The maximum atomic E-state index is 11.5. The average Bonchev–Trinajstić information content (AvgIpc) is 3.03. The van der Waals surface area contributed by atoms with E-state index in [1.807, 2.05) is 12.1 Å². The Morgan fingerprint density at radius 1 is 0.968 bits per heavy atom. The molecule has 0 saturated heterocycles. The molecule has 2 aromatic rings. The summed E-state index contributed by atoms with van der Waals surface area (Å²) in [5.74, 6) is 0.720. The van der Waals surface area contributed by atoms with Crippen molar-refractivity contribution in [3.63, 3.8) is 0 Å². The summed E-state index contributed by atoms with van der Waals surface area (Å²) in [6.45, 7) is 3.45. The number of carbonyl (C=O) groups excluding carboxylic acids is 1. The first kappa shape index (κ1) is 23.1. The summed E-state index contributed by atoms with van der Waals surface area (Å²) in [6.07, 6.45) is 8.07. The molecule has 0 bridgehead atoms. The van der Waals surface area contributed by atoms with Crippen LogP contribution in [-0.2, 0) is 16.0 Å². The Hall–Kier alpha value is -2.59. The topological polar surface area (TPSA) is 61.5 Å². The van der Waals surface area contributed by atoms with Gasteiger partial charge in [0.2, 0.25) is 0 Å². The molecule has 2 aromatic carbocycles. The lowest BCUT2D eigenvalue weighted by Gasteiger charge is -2.15. The number of benzene rings is 2. The summed E-state index contributed by atoms with van der Waals surface area (Å²) < 4.78 is 11.2. The largest absolute Gasteiger partial charge is 0.489 e. The molecule has 3 rings (SSSR count). The van der Waals surface area contributed by atoms with E-state index in [4.69, 9.17) is 15.2 Å². The van der Waals surface area contributed by atoms with Gasteiger partial charge in [0, 0.05) is 13.0 Å².